The molecule has 0 radical (unpaired) electrons. The number of guanidine groups is 1. The number of nitrogens with one attached hydrogen (secondary N) is 3. The van der Waals surface area contributed by atoms with E-state index in [2.05, 4.69) is 20.9 Å². The van der Waals surface area contributed by atoms with Gasteiger partial charge in [0, 0.05) is 21.8 Å². The molecule has 29 heavy (non-hydrogen) atoms. The molecular formula is C20H26Cl2IN5O. The normalized spacial score (nSPS) is 12.1. The maximum absolute atomic E-state index is 11.7. The third kappa shape index (κ3) is 8.67. The highest BCUT2D eigenvalue weighted by atomic mass is 127. The lowest BCUT2D eigenvalue weighted by atomic mass is 10.1. The standard InChI is InChI=1S/C20H25Cl2N5O.HI/c1-12(2)25-20(28)27-16-7-4-14(5-8-16)11-24-19(23)26-13(3)17-9-6-15(21)10-18(17)22;/h4-10,12-13H,11H2,1-3H3,(H3,23,24,26)(H2,25,27,28);1H. The molecule has 0 heterocycles. The quantitative estimate of drug-likeness (QED) is 0.224. The minimum absolute atomic E-state index is 0. The zero-order valence-electron chi connectivity index (χ0n) is 16.5. The van der Waals surface area contributed by atoms with E-state index in [1.54, 1.807) is 12.1 Å². The van der Waals surface area contributed by atoms with E-state index in [0.717, 1.165) is 11.1 Å². The summed E-state index contributed by atoms with van der Waals surface area (Å²) in [6, 6.07) is 12.5. The van der Waals surface area contributed by atoms with Crippen LogP contribution in [0.25, 0.3) is 0 Å². The van der Waals surface area contributed by atoms with E-state index in [0.29, 0.717) is 28.2 Å². The number of aliphatic imine (C=N–C) groups is 1. The number of urea groups is 1. The Hall–Kier alpha value is -1.71. The fourth-order valence-electron chi connectivity index (χ4n) is 2.50. The van der Waals surface area contributed by atoms with Crippen molar-refractivity contribution >= 4 is 64.9 Å². The monoisotopic (exact) mass is 549 g/mol. The van der Waals surface area contributed by atoms with E-state index in [9.17, 15) is 4.79 Å². The predicted molar refractivity (Wildman–Crippen MR) is 132 cm³/mol. The summed E-state index contributed by atoms with van der Waals surface area (Å²) in [4.78, 5) is 16.1. The van der Waals surface area contributed by atoms with Crippen molar-refractivity contribution in [3.63, 3.8) is 0 Å². The van der Waals surface area contributed by atoms with Crippen molar-refractivity contribution in [2.45, 2.75) is 39.4 Å². The van der Waals surface area contributed by atoms with Gasteiger partial charge in [-0.3, -0.25) is 0 Å². The molecule has 6 nitrogen and oxygen atoms in total. The molecule has 0 saturated heterocycles. The lowest BCUT2D eigenvalue weighted by Gasteiger charge is -2.16. The lowest BCUT2D eigenvalue weighted by molar-refractivity contribution is 0.250. The van der Waals surface area contributed by atoms with Crippen LogP contribution in [0, 0.1) is 0 Å². The van der Waals surface area contributed by atoms with Crippen LogP contribution in [-0.2, 0) is 6.54 Å². The molecule has 0 fully saturated rings. The van der Waals surface area contributed by atoms with Gasteiger partial charge in [0.25, 0.3) is 0 Å². The van der Waals surface area contributed by atoms with Gasteiger partial charge in [-0.25, -0.2) is 9.79 Å². The number of amides is 2. The molecule has 158 valence electrons. The van der Waals surface area contributed by atoms with E-state index in [-0.39, 0.29) is 42.1 Å². The predicted octanol–water partition coefficient (Wildman–Crippen LogP) is 5.31. The maximum Gasteiger partial charge on any atom is 0.319 e. The third-order valence-electron chi connectivity index (χ3n) is 3.86. The summed E-state index contributed by atoms with van der Waals surface area (Å²) in [5, 5.41) is 9.82. The van der Waals surface area contributed by atoms with Crippen molar-refractivity contribution in [1.29, 1.82) is 0 Å². The number of nitrogens with two attached hydrogens (primary N) is 1. The molecule has 2 aromatic carbocycles. The number of hydrogen-bond donors (Lipinski definition) is 4. The highest BCUT2D eigenvalue weighted by molar-refractivity contribution is 14.0. The number of anilines is 1. The summed E-state index contributed by atoms with van der Waals surface area (Å²) in [5.74, 6) is 0.317. The Morgan fingerprint density at radius 3 is 2.31 bits per heavy atom. The van der Waals surface area contributed by atoms with Crippen LogP contribution in [-0.4, -0.2) is 18.0 Å². The van der Waals surface area contributed by atoms with Gasteiger partial charge in [0.2, 0.25) is 0 Å². The van der Waals surface area contributed by atoms with Crippen LogP contribution in [0.3, 0.4) is 0 Å². The molecule has 0 aliphatic carbocycles. The van der Waals surface area contributed by atoms with Gasteiger partial charge in [0.1, 0.15) is 0 Å². The molecule has 0 spiro atoms. The van der Waals surface area contributed by atoms with Crippen LogP contribution in [0.1, 0.15) is 37.9 Å². The van der Waals surface area contributed by atoms with Crippen LogP contribution >= 0.6 is 47.2 Å². The van der Waals surface area contributed by atoms with E-state index >= 15 is 0 Å². The van der Waals surface area contributed by atoms with Crippen molar-refractivity contribution in [3.8, 4) is 0 Å². The van der Waals surface area contributed by atoms with Crippen molar-refractivity contribution in [2.24, 2.45) is 10.7 Å². The Morgan fingerprint density at radius 2 is 1.72 bits per heavy atom. The average molecular weight is 550 g/mol. The molecule has 5 N–H and O–H groups in total. The summed E-state index contributed by atoms with van der Waals surface area (Å²) in [6.45, 7) is 6.17. The number of hydrogen-bond acceptors (Lipinski definition) is 2. The average Bonchev–Trinajstić information content (AvgIpc) is 2.60. The Morgan fingerprint density at radius 1 is 1.07 bits per heavy atom. The van der Waals surface area contributed by atoms with Crippen LogP contribution < -0.4 is 21.7 Å². The van der Waals surface area contributed by atoms with Gasteiger partial charge in [-0.05, 0) is 56.2 Å². The number of nitrogens with zero attached hydrogens (tertiary/aromatic N) is 1. The molecule has 1 unspecified atom stereocenters. The first-order valence-corrected chi connectivity index (χ1v) is 9.68. The minimum atomic E-state index is -0.232. The lowest BCUT2D eigenvalue weighted by Crippen LogP contribution is -2.34. The van der Waals surface area contributed by atoms with Crippen LogP contribution in [0.4, 0.5) is 10.5 Å². The maximum atomic E-state index is 11.7. The Labute approximate surface area is 198 Å². The second-order valence-corrected chi connectivity index (χ2v) is 7.53. The molecule has 0 saturated carbocycles. The van der Waals surface area contributed by atoms with Gasteiger partial charge < -0.3 is 21.7 Å². The molecule has 2 rings (SSSR count). The van der Waals surface area contributed by atoms with Crippen molar-refractivity contribution in [1.82, 2.24) is 10.6 Å². The Balaban J connectivity index is 0.00000420. The van der Waals surface area contributed by atoms with Gasteiger partial charge >= 0.3 is 6.03 Å². The second-order valence-electron chi connectivity index (χ2n) is 6.68. The molecule has 2 amide bonds. The number of rotatable bonds is 6. The van der Waals surface area contributed by atoms with E-state index in [1.165, 1.54) is 0 Å². The first-order chi connectivity index (χ1) is 13.2. The molecule has 0 bridgehead atoms. The zero-order valence-corrected chi connectivity index (χ0v) is 20.3. The molecule has 2 aromatic rings. The van der Waals surface area contributed by atoms with Crippen LogP contribution in [0.15, 0.2) is 47.5 Å². The largest absolute Gasteiger partial charge is 0.370 e. The van der Waals surface area contributed by atoms with Gasteiger partial charge in [0.15, 0.2) is 5.96 Å². The number of benzene rings is 2. The molecule has 9 heteroatoms. The molecule has 0 aliphatic heterocycles. The van der Waals surface area contributed by atoms with Crippen molar-refractivity contribution in [2.75, 3.05) is 5.32 Å². The highest BCUT2D eigenvalue weighted by Crippen LogP contribution is 2.25. The van der Waals surface area contributed by atoms with E-state index in [1.807, 2.05) is 51.1 Å². The summed E-state index contributed by atoms with van der Waals surface area (Å²) in [7, 11) is 0. The van der Waals surface area contributed by atoms with Crippen LogP contribution in [0.2, 0.25) is 10.0 Å². The number of halogens is 3. The Bertz CT molecular complexity index is 843. The number of carbonyl (C=O) groups excluding carboxylic acids is 1. The van der Waals surface area contributed by atoms with Crippen molar-refractivity contribution in [3.05, 3.63) is 63.6 Å². The van der Waals surface area contributed by atoms with Gasteiger partial charge in [-0.1, -0.05) is 41.4 Å². The second kappa shape index (κ2) is 12.1. The molecular weight excluding hydrogens is 524 g/mol. The zero-order chi connectivity index (χ0) is 20.7. The minimum Gasteiger partial charge on any atom is -0.370 e. The summed E-state index contributed by atoms with van der Waals surface area (Å²) in [5.41, 5.74) is 8.55. The topological polar surface area (TPSA) is 91.5 Å². The van der Waals surface area contributed by atoms with Crippen LogP contribution in [0.5, 0.6) is 0 Å². The van der Waals surface area contributed by atoms with Gasteiger partial charge in [-0.15, -0.1) is 24.0 Å². The number of carbonyl (C=O) groups is 1. The first-order valence-electron chi connectivity index (χ1n) is 8.92. The van der Waals surface area contributed by atoms with Gasteiger partial charge in [-0.2, -0.15) is 0 Å². The molecule has 0 aliphatic rings. The Kier molecular flexibility index (Phi) is 10.6. The van der Waals surface area contributed by atoms with E-state index in [4.69, 9.17) is 28.9 Å². The fraction of sp³-hybridized carbons (Fsp3) is 0.300. The summed E-state index contributed by atoms with van der Waals surface area (Å²) < 4.78 is 0. The van der Waals surface area contributed by atoms with Gasteiger partial charge in [0.05, 0.1) is 12.6 Å². The molecule has 1 atom stereocenters. The van der Waals surface area contributed by atoms with E-state index < -0.39 is 0 Å². The summed E-state index contributed by atoms with van der Waals surface area (Å²) >= 11 is 12.1. The van der Waals surface area contributed by atoms with Crippen molar-refractivity contribution < 1.29 is 4.79 Å². The molecule has 0 aromatic heterocycles. The fourth-order valence-corrected chi connectivity index (χ4v) is 3.07. The highest BCUT2D eigenvalue weighted by Gasteiger charge is 2.10. The summed E-state index contributed by atoms with van der Waals surface area (Å²) in [6.07, 6.45) is 0. The first kappa shape index (κ1) is 25.3. The SMILES string of the molecule is CC(C)NC(=O)Nc1ccc(CN=C(N)NC(C)c2ccc(Cl)cc2Cl)cc1.I. The smallest absolute Gasteiger partial charge is 0.319 e. The third-order valence-corrected chi connectivity index (χ3v) is 4.42.